The molecular formula is C18H21N5O2. The van der Waals surface area contributed by atoms with Crippen LogP contribution in [0.15, 0.2) is 34.9 Å². The van der Waals surface area contributed by atoms with E-state index < -0.39 is 0 Å². The highest BCUT2D eigenvalue weighted by atomic mass is 16.5. The summed E-state index contributed by atoms with van der Waals surface area (Å²) in [5, 5.41) is 11.1. The highest BCUT2D eigenvalue weighted by molar-refractivity contribution is 5.96. The van der Waals surface area contributed by atoms with Crippen LogP contribution in [0.4, 0.5) is 0 Å². The molecule has 3 rings (SSSR count). The van der Waals surface area contributed by atoms with Gasteiger partial charge in [-0.2, -0.15) is 10.1 Å². The first-order valence-electron chi connectivity index (χ1n) is 8.18. The Labute approximate surface area is 146 Å². The molecule has 0 aliphatic heterocycles. The van der Waals surface area contributed by atoms with Crippen LogP contribution in [0.1, 0.15) is 39.0 Å². The summed E-state index contributed by atoms with van der Waals surface area (Å²) in [6.07, 6.45) is 1.12. The van der Waals surface area contributed by atoms with Crippen LogP contribution in [0.5, 0.6) is 0 Å². The maximum atomic E-state index is 12.3. The van der Waals surface area contributed by atoms with E-state index in [-0.39, 0.29) is 5.91 Å². The van der Waals surface area contributed by atoms with Gasteiger partial charge in [0.25, 0.3) is 5.91 Å². The van der Waals surface area contributed by atoms with Crippen LogP contribution in [0.3, 0.4) is 0 Å². The fourth-order valence-electron chi connectivity index (χ4n) is 2.72. The summed E-state index contributed by atoms with van der Waals surface area (Å²) in [5.74, 6) is 1.03. The summed E-state index contributed by atoms with van der Waals surface area (Å²) in [6.45, 7) is 4.14. The molecular weight excluding hydrogens is 318 g/mol. The van der Waals surface area contributed by atoms with Gasteiger partial charge in [-0.05, 0) is 19.4 Å². The SMILES string of the molecule is Cc1nn(C)c(C)c1C(=O)NCCc1nc(Cc2ccccc2)no1. The molecule has 0 radical (unpaired) electrons. The number of carbonyl (C=O) groups is 1. The number of hydrogen-bond donors (Lipinski definition) is 1. The second-order valence-corrected chi connectivity index (χ2v) is 5.94. The van der Waals surface area contributed by atoms with Crippen molar-refractivity contribution in [1.29, 1.82) is 0 Å². The van der Waals surface area contributed by atoms with Crippen molar-refractivity contribution in [3.05, 3.63) is 64.6 Å². The molecule has 0 saturated carbocycles. The number of aromatic nitrogens is 4. The number of nitrogens with one attached hydrogen (secondary N) is 1. The van der Waals surface area contributed by atoms with Gasteiger partial charge in [0.05, 0.1) is 11.3 Å². The van der Waals surface area contributed by atoms with Gasteiger partial charge in [0.15, 0.2) is 5.82 Å². The highest BCUT2D eigenvalue weighted by Gasteiger charge is 2.17. The maximum absolute atomic E-state index is 12.3. The Balaban J connectivity index is 1.53. The first-order chi connectivity index (χ1) is 12.0. The molecule has 1 N–H and O–H groups in total. The van der Waals surface area contributed by atoms with Crippen molar-refractivity contribution in [3.8, 4) is 0 Å². The van der Waals surface area contributed by atoms with E-state index in [0.29, 0.717) is 36.7 Å². The first kappa shape index (κ1) is 16.9. The third-order valence-electron chi connectivity index (χ3n) is 4.08. The minimum Gasteiger partial charge on any atom is -0.351 e. The van der Waals surface area contributed by atoms with Crippen molar-refractivity contribution in [2.75, 3.05) is 6.54 Å². The van der Waals surface area contributed by atoms with Crippen molar-refractivity contribution < 1.29 is 9.32 Å². The number of amides is 1. The largest absolute Gasteiger partial charge is 0.351 e. The molecule has 1 amide bonds. The lowest BCUT2D eigenvalue weighted by Crippen LogP contribution is -2.26. The summed E-state index contributed by atoms with van der Waals surface area (Å²) in [5.41, 5.74) is 3.32. The van der Waals surface area contributed by atoms with Gasteiger partial charge in [-0.3, -0.25) is 9.48 Å². The number of rotatable bonds is 6. The summed E-state index contributed by atoms with van der Waals surface area (Å²) >= 11 is 0. The number of carbonyl (C=O) groups excluding carboxylic acids is 1. The number of aryl methyl sites for hydroxylation is 2. The zero-order valence-corrected chi connectivity index (χ0v) is 14.6. The van der Waals surface area contributed by atoms with Crippen LogP contribution in [0.2, 0.25) is 0 Å². The molecule has 0 unspecified atom stereocenters. The molecule has 1 aromatic carbocycles. The highest BCUT2D eigenvalue weighted by Crippen LogP contribution is 2.11. The molecule has 0 atom stereocenters. The Bertz CT molecular complexity index is 867. The molecule has 0 spiro atoms. The zero-order valence-electron chi connectivity index (χ0n) is 14.6. The van der Waals surface area contributed by atoms with E-state index in [0.717, 1.165) is 17.0 Å². The molecule has 130 valence electrons. The minimum atomic E-state index is -0.132. The van der Waals surface area contributed by atoms with Crippen molar-refractivity contribution in [2.45, 2.75) is 26.7 Å². The fraction of sp³-hybridized carbons (Fsp3) is 0.333. The molecule has 7 heteroatoms. The number of benzene rings is 1. The topological polar surface area (TPSA) is 85.8 Å². The molecule has 0 saturated heterocycles. The molecule has 0 bridgehead atoms. The standard InChI is InChI=1S/C18H21N5O2/c1-12-17(13(2)23(3)21-12)18(24)19-10-9-16-20-15(22-25-16)11-14-7-5-4-6-8-14/h4-8H,9-11H2,1-3H3,(H,19,24). The molecule has 0 aliphatic rings. The quantitative estimate of drug-likeness (QED) is 0.742. The lowest BCUT2D eigenvalue weighted by molar-refractivity contribution is 0.0952. The first-order valence-corrected chi connectivity index (χ1v) is 8.18. The minimum absolute atomic E-state index is 0.132. The fourth-order valence-corrected chi connectivity index (χ4v) is 2.72. The summed E-state index contributed by atoms with van der Waals surface area (Å²) in [6, 6.07) is 9.98. The van der Waals surface area contributed by atoms with Crippen molar-refractivity contribution in [1.82, 2.24) is 25.2 Å². The normalized spacial score (nSPS) is 10.8. The van der Waals surface area contributed by atoms with Crippen LogP contribution in [0.25, 0.3) is 0 Å². The lowest BCUT2D eigenvalue weighted by atomic mass is 10.1. The van der Waals surface area contributed by atoms with E-state index in [4.69, 9.17) is 4.52 Å². The summed E-state index contributed by atoms with van der Waals surface area (Å²) in [7, 11) is 1.83. The Hall–Kier alpha value is -2.96. The summed E-state index contributed by atoms with van der Waals surface area (Å²) in [4.78, 5) is 16.7. The number of nitrogens with zero attached hydrogens (tertiary/aromatic N) is 4. The molecule has 0 fully saturated rings. The van der Waals surface area contributed by atoms with E-state index in [9.17, 15) is 4.79 Å². The van der Waals surface area contributed by atoms with Gasteiger partial charge in [-0.15, -0.1) is 0 Å². The van der Waals surface area contributed by atoms with Crippen molar-refractivity contribution >= 4 is 5.91 Å². The van der Waals surface area contributed by atoms with Crippen LogP contribution in [-0.4, -0.2) is 32.4 Å². The Morgan fingerprint density at radius 2 is 2.00 bits per heavy atom. The monoisotopic (exact) mass is 339 g/mol. The van der Waals surface area contributed by atoms with Gasteiger partial charge in [0, 0.05) is 32.1 Å². The maximum Gasteiger partial charge on any atom is 0.255 e. The third-order valence-corrected chi connectivity index (χ3v) is 4.08. The molecule has 3 aromatic rings. The lowest BCUT2D eigenvalue weighted by Gasteiger charge is -2.03. The average molecular weight is 339 g/mol. The van der Waals surface area contributed by atoms with Gasteiger partial charge < -0.3 is 9.84 Å². The predicted octanol–water partition coefficient (Wildman–Crippen LogP) is 1.98. The Morgan fingerprint density at radius 1 is 1.24 bits per heavy atom. The van der Waals surface area contributed by atoms with Gasteiger partial charge >= 0.3 is 0 Å². The summed E-state index contributed by atoms with van der Waals surface area (Å²) < 4.78 is 6.95. The number of hydrogen-bond acceptors (Lipinski definition) is 5. The van der Waals surface area contributed by atoms with Gasteiger partial charge in [-0.25, -0.2) is 0 Å². The Kier molecular flexibility index (Phi) is 4.92. The van der Waals surface area contributed by atoms with E-state index in [1.165, 1.54) is 0 Å². The molecule has 25 heavy (non-hydrogen) atoms. The van der Waals surface area contributed by atoms with E-state index in [1.54, 1.807) is 4.68 Å². The van der Waals surface area contributed by atoms with Crippen LogP contribution >= 0.6 is 0 Å². The molecule has 7 nitrogen and oxygen atoms in total. The van der Waals surface area contributed by atoms with Crippen LogP contribution in [-0.2, 0) is 19.9 Å². The average Bonchev–Trinajstić information content (AvgIpc) is 3.13. The van der Waals surface area contributed by atoms with Gasteiger partial charge in [0.1, 0.15) is 0 Å². The molecule has 0 aliphatic carbocycles. The van der Waals surface area contributed by atoms with Crippen LogP contribution < -0.4 is 5.32 Å². The zero-order chi connectivity index (χ0) is 17.8. The van der Waals surface area contributed by atoms with E-state index in [2.05, 4.69) is 20.6 Å². The second-order valence-electron chi connectivity index (χ2n) is 5.94. The van der Waals surface area contributed by atoms with Crippen molar-refractivity contribution in [2.24, 2.45) is 7.05 Å². The van der Waals surface area contributed by atoms with E-state index >= 15 is 0 Å². The Morgan fingerprint density at radius 3 is 2.68 bits per heavy atom. The predicted molar refractivity (Wildman–Crippen MR) is 92.3 cm³/mol. The van der Waals surface area contributed by atoms with Crippen molar-refractivity contribution in [3.63, 3.8) is 0 Å². The van der Waals surface area contributed by atoms with Gasteiger partial charge in [-0.1, -0.05) is 35.5 Å². The van der Waals surface area contributed by atoms with E-state index in [1.807, 2.05) is 51.2 Å². The van der Waals surface area contributed by atoms with Gasteiger partial charge in [0.2, 0.25) is 5.89 Å². The third kappa shape index (κ3) is 3.93. The van der Waals surface area contributed by atoms with Crippen LogP contribution in [0, 0.1) is 13.8 Å². The molecule has 2 aromatic heterocycles. The second kappa shape index (κ2) is 7.29. The smallest absolute Gasteiger partial charge is 0.255 e. The molecule has 2 heterocycles.